The number of fused-ring (bicyclic) bond motifs is 1. The highest BCUT2D eigenvalue weighted by Crippen LogP contribution is 2.59. The average Bonchev–Trinajstić information content (AvgIpc) is 3.29. The van der Waals surface area contributed by atoms with Gasteiger partial charge in [-0.3, -0.25) is 4.79 Å². The molecule has 4 fully saturated rings. The van der Waals surface area contributed by atoms with Gasteiger partial charge in [-0.15, -0.1) is 0 Å². The molecule has 2 aromatic rings. The molecule has 37 heavy (non-hydrogen) atoms. The number of alkyl halides is 3. The van der Waals surface area contributed by atoms with Crippen LogP contribution in [0.15, 0.2) is 24.3 Å². The highest BCUT2D eigenvalue weighted by Gasteiger charge is 2.51. The summed E-state index contributed by atoms with van der Waals surface area (Å²) in [5.41, 5.74) is 0.774. The number of nitrogens with one attached hydrogen (secondary N) is 2. The summed E-state index contributed by atoms with van der Waals surface area (Å²) in [4.78, 5) is 13.1. The van der Waals surface area contributed by atoms with Crippen LogP contribution >= 0.6 is 0 Å². The summed E-state index contributed by atoms with van der Waals surface area (Å²) in [5.74, 6) is 2.97. The number of rotatable bonds is 6. The molecule has 0 saturated heterocycles. The number of amides is 1. The largest absolute Gasteiger partial charge is 0.493 e. The molecule has 7 rings (SSSR count). The molecule has 1 amide bonds. The van der Waals surface area contributed by atoms with Crippen LogP contribution in [0.5, 0.6) is 11.5 Å². The van der Waals surface area contributed by atoms with E-state index in [1.807, 2.05) is 0 Å². The summed E-state index contributed by atoms with van der Waals surface area (Å²) in [5, 5.41) is 10.3. The second-order valence-electron chi connectivity index (χ2n) is 11.6. The first-order chi connectivity index (χ1) is 17.7. The molecule has 0 spiro atoms. The molecule has 1 aliphatic heterocycles. The molecule has 0 unspecified atom stereocenters. The maximum atomic E-state index is 14.1. The van der Waals surface area contributed by atoms with Crippen LogP contribution in [-0.2, 0) is 0 Å². The molecule has 200 valence electrons. The molecule has 0 radical (unpaired) electrons. The molecule has 4 saturated carbocycles. The molecule has 5 aliphatic rings. The minimum absolute atomic E-state index is 0.00874. The van der Waals surface area contributed by atoms with Crippen LogP contribution < -0.4 is 20.1 Å². The van der Waals surface area contributed by atoms with Crippen LogP contribution in [0.1, 0.15) is 73.1 Å². The summed E-state index contributed by atoms with van der Waals surface area (Å²) in [7, 11) is 2.99. The number of hydrogen-bond acceptors (Lipinski definition) is 5. The van der Waals surface area contributed by atoms with E-state index in [2.05, 4.69) is 15.7 Å². The lowest BCUT2D eigenvalue weighted by Crippen LogP contribution is -2.51. The number of carbonyl (C=O) groups is 1. The van der Waals surface area contributed by atoms with Crippen LogP contribution in [0.4, 0.5) is 19.0 Å². The van der Waals surface area contributed by atoms with E-state index < -0.39 is 24.2 Å². The minimum Gasteiger partial charge on any atom is -0.493 e. The maximum absolute atomic E-state index is 14.1. The molecular weight excluding hydrogens is 485 g/mol. The number of ether oxygens (including phenoxy) is 2. The van der Waals surface area contributed by atoms with E-state index in [0.29, 0.717) is 23.6 Å². The quantitative estimate of drug-likeness (QED) is 0.528. The summed E-state index contributed by atoms with van der Waals surface area (Å²) >= 11 is 0. The molecule has 7 nitrogen and oxygen atoms in total. The van der Waals surface area contributed by atoms with Crippen molar-refractivity contribution in [2.75, 3.05) is 26.1 Å². The molecule has 10 heteroatoms. The molecule has 1 aromatic heterocycles. The third-order valence-electron chi connectivity index (χ3n) is 9.02. The Morgan fingerprint density at radius 2 is 1.70 bits per heavy atom. The number of hydrogen-bond donors (Lipinski definition) is 2. The van der Waals surface area contributed by atoms with Gasteiger partial charge in [0.25, 0.3) is 5.91 Å². The third kappa shape index (κ3) is 4.42. The molecular formula is C27H33F3N4O3. The molecule has 2 N–H and O–H groups in total. The van der Waals surface area contributed by atoms with Crippen LogP contribution in [0.3, 0.4) is 0 Å². The van der Waals surface area contributed by atoms with Gasteiger partial charge in [-0.2, -0.15) is 18.3 Å². The van der Waals surface area contributed by atoms with Crippen molar-refractivity contribution in [1.29, 1.82) is 0 Å². The second kappa shape index (κ2) is 8.84. The number of halogens is 3. The predicted octanol–water partition coefficient (Wildman–Crippen LogP) is 5.51. The van der Waals surface area contributed by atoms with Gasteiger partial charge in [-0.05, 0) is 79.4 Å². The Balaban J connectivity index is 1.22. The summed E-state index contributed by atoms with van der Waals surface area (Å²) < 4.78 is 53.9. The topological polar surface area (TPSA) is 77.4 Å². The number of nitrogens with zero attached hydrogens (tertiary/aromatic N) is 2. The van der Waals surface area contributed by atoms with Crippen LogP contribution in [0.2, 0.25) is 0 Å². The summed E-state index contributed by atoms with van der Waals surface area (Å²) in [6.07, 6.45) is 2.58. The smallest absolute Gasteiger partial charge is 0.410 e. The van der Waals surface area contributed by atoms with E-state index in [0.717, 1.165) is 41.7 Å². The van der Waals surface area contributed by atoms with Crippen LogP contribution in [0.25, 0.3) is 0 Å². The van der Waals surface area contributed by atoms with Gasteiger partial charge in [-0.25, -0.2) is 4.68 Å². The first-order valence-electron chi connectivity index (χ1n) is 13.1. The molecule has 4 aliphatic carbocycles. The Morgan fingerprint density at radius 3 is 2.30 bits per heavy atom. The van der Waals surface area contributed by atoms with E-state index in [4.69, 9.17) is 9.47 Å². The van der Waals surface area contributed by atoms with Gasteiger partial charge in [-0.1, -0.05) is 6.07 Å². The number of anilines is 1. The molecule has 4 bridgehead atoms. The van der Waals surface area contributed by atoms with Crippen molar-refractivity contribution in [1.82, 2.24) is 15.1 Å². The lowest BCUT2D eigenvalue weighted by molar-refractivity contribution is -0.173. The molecule has 2 atom stereocenters. The van der Waals surface area contributed by atoms with E-state index >= 15 is 0 Å². The minimum atomic E-state index is -4.52. The van der Waals surface area contributed by atoms with E-state index in [1.54, 1.807) is 18.2 Å². The fraction of sp³-hybridized carbons (Fsp3) is 0.630. The average molecular weight is 519 g/mol. The van der Waals surface area contributed by atoms with Gasteiger partial charge in [0.05, 0.1) is 20.3 Å². The Bertz CT molecular complexity index is 1160. The summed E-state index contributed by atoms with van der Waals surface area (Å²) in [6, 6.07) is 4.01. The zero-order valence-corrected chi connectivity index (χ0v) is 21.1. The van der Waals surface area contributed by atoms with Crippen molar-refractivity contribution in [2.24, 2.45) is 23.2 Å². The first-order valence-corrected chi connectivity index (χ1v) is 13.1. The SMILES string of the molecule is COc1ccc([C@@H]2C[C@@H](C(F)(F)F)n3nc(C(=O)NCC45CC6CC(CC(C6)C4)C5)cc3N2)cc1OC. The standard InChI is InChI=1S/C27H33F3N4O3/c1-36-21-4-3-18(8-22(21)37-2)19-9-23(27(28,29)30)34-24(32-19)10-20(33-34)25(35)31-14-26-11-15-5-16(12-26)7-17(6-15)13-26/h3-4,8,10,15-17,19,23,32H,5-7,9,11-14H2,1-2H3,(H,31,35)/t15?,16?,17?,19-,23-,26?/m0/s1. The lowest BCUT2D eigenvalue weighted by Gasteiger charge is -2.56. The maximum Gasteiger partial charge on any atom is 0.410 e. The number of carbonyl (C=O) groups excluding carboxylic acids is 1. The Labute approximate surface area is 214 Å². The highest BCUT2D eigenvalue weighted by atomic mass is 19.4. The Morgan fingerprint density at radius 1 is 1.05 bits per heavy atom. The van der Waals surface area contributed by atoms with Gasteiger partial charge < -0.3 is 20.1 Å². The first kappa shape index (κ1) is 24.4. The van der Waals surface area contributed by atoms with Crippen LogP contribution in [-0.4, -0.2) is 42.6 Å². The fourth-order valence-electron chi connectivity index (χ4n) is 7.84. The third-order valence-corrected chi connectivity index (χ3v) is 9.02. The lowest BCUT2D eigenvalue weighted by atomic mass is 9.49. The van der Waals surface area contributed by atoms with Gasteiger partial charge in [0.1, 0.15) is 5.82 Å². The van der Waals surface area contributed by atoms with Gasteiger partial charge in [0, 0.05) is 19.0 Å². The van der Waals surface area contributed by atoms with E-state index in [1.165, 1.54) is 39.5 Å². The normalized spacial score (nSPS) is 32.0. The van der Waals surface area contributed by atoms with Crippen molar-refractivity contribution in [2.45, 2.75) is 63.2 Å². The zero-order valence-electron chi connectivity index (χ0n) is 21.1. The predicted molar refractivity (Wildman–Crippen MR) is 131 cm³/mol. The van der Waals surface area contributed by atoms with Crippen molar-refractivity contribution in [3.05, 3.63) is 35.5 Å². The highest BCUT2D eigenvalue weighted by molar-refractivity contribution is 5.93. The van der Waals surface area contributed by atoms with Crippen molar-refractivity contribution >= 4 is 11.7 Å². The Kier molecular flexibility index (Phi) is 5.84. The van der Waals surface area contributed by atoms with Crippen molar-refractivity contribution in [3.63, 3.8) is 0 Å². The number of methoxy groups -OCH3 is 2. The van der Waals surface area contributed by atoms with Gasteiger partial charge in [0.15, 0.2) is 23.2 Å². The summed E-state index contributed by atoms with van der Waals surface area (Å²) in [6.45, 7) is 0.571. The number of aromatic nitrogens is 2. The van der Waals surface area contributed by atoms with Gasteiger partial charge in [0.2, 0.25) is 0 Å². The van der Waals surface area contributed by atoms with Gasteiger partial charge >= 0.3 is 6.18 Å². The monoisotopic (exact) mass is 518 g/mol. The Hall–Kier alpha value is -2.91. The van der Waals surface area contributed by atoms with Crippen molar-refractivity contribution < 1.29 is 27.4 Å². The van der Waals surface area contributed by atoms with Crippen LogP contribution in [0, 0.1) is 23.2 Å². The van der Waals surface area contributed by atoms with E-state index in [9.17, 15) is 18.0 Å². The van der Waals surface area contributed by atoms with E-state index in [-0.39, 0.29) is 23.3 Å². The number of benzene rings is 1. The second-order valence-corrected chi connectivity index (χ2v) is 11.6. The zero-order chi connectivity index (χ0) is 25.9. The molecule has 1 aromatic carbocycles. The fourth-order valence-corrected chi connectivity index (χ4v) is 7.84. The molecule has 2 heterocycles. The van der Waals surface area contributed by atoms with Crippen molar-refractivity contribution in [3.8, 4) is 11.5 Å².